The number of rotatable bonds is 9. The highest BCUT2D eigenvalue weighted by Crippen LogP contribution is 2.34. The maximum atomic E-state index is 5.71. The molecule has 0 bridgehead atoms. The lowest BCUT2D eigenvalue weighted by Crippen LogP contribution is -1.90. The molecule has 0 saturated carbocycles. The van der Waals surface area contributed by atoms with E-state index in [-0.39, 0.29) is 0 Å². The molecule has 0 amide bonds. The molecule has 0 saturated heterocycles. The van der Waals surface area contributed by atoms with Gasteiger partial charge in [0.15, 0.2) is 5.82 Å². The van der Waals surface area contributed by atoms with Gasteiger partial charge in [-0.3, -0.25) is 0 Å². The van der Waals surface area contributed by atoms with Crippen molar-refractivity contribution in [3.05, 3.63) is 29.9 Å². The van der Waals surface area contributed by atoms with Gasteiger partial charge in [0.1, 0.15) is 11.5 Å². The molecule has 2 heterocycles. The van der Waals surface area contributed by atoms with Gasteiger partial charge in [0.25, 0.3) is 11.1 Å². The second-order valence-corrected chi connectivity index (χ2v) is 6.36. The van der Waals surface area contributed by atoms with E-state index < -0.39 is 0 Å². The number of hydrogen-bond acceptors (Lipinski definition) is 9. The van der Waals surface area contributed by atoms with E-state index in [1.807, 2.05) is 12.1 Å². The van der Waals surface area contributed by atoms with Crippen molar-refractivity contribution in [2.24, 2.45) is 0 Å². The second kappa shape index (κ2) is 8.70. The van der Waals surface area contributed by atoms with E-state index in [2.05, 4.69) is 27.3 Å². The number of aromatic nitrogens is 4. The van der Waals surface area contributed by atoms with Crippen molar-refractivity contribution >= 4 is 11.8 Å². The van der Waals surface area contributed by atoms with Crippen molar-refractivity contribution in [2.45, 2.75) is 37.2 Å². The van der Waals surface area contributed by atoms with Crippen LogP contribution in [0.1, 0.15) is 31.5 Å². The Kier molecular flexibility index (Phi) is 6.11. The molecule has 1 aromatic carbocycles. The summed E-state index contributed by atoms with van der Waals surface area (Å²) in [5, 5.41) is 12.5. The standard InChI is InChI=1S/C17H20N4O4S/c1-4-5-6-14-18-15(25-21-14)10-26-17-20-19-16(24-17)12-8-7-11(22-2)9-13(12)23-3/h7-9H,4-6,10H2,1-3H3. The third-order valence-electron chi connectivity index (χ3n) is 3.63. The molecule has 3 rings (SSSR count). The molecule has 0 unspecified atom stereocenters. The first kappa shape index (κ1) is 18.2. The zero-order valence-corrected chi connectivity index (χ0v) is 15.7. The van der Waals surface area contributed by atoms with E-state index in [0.717, 1.165) is 25.1 Å². The van der Waals surface area contributed by atoms with E-state index in [1.54, 1.807) is 20.3 Å². The summed E-state index contributed by atoms with van der Waals surface area (Å²) < 4.78 is 21.5. The highest BCUT2D eigenvalue weighted by Gasteiger charge is 2.16. The lowest BCUT2D eigenvalue weighted by molar-refractivity contribution is 0.383. The average Bonchev–Trinajstić information content (AvgIpc) is 3.33. The van der Waals surface area contributed by atoms with Gasteiger partial charge in [-0.25, -0.2) is 0 Å². The number of methoxy groups -OCH3 is 2. The molecule has 0 radical (unpaired) electrons. The normalized spacial score (nSPS) is 10.9. The number of unbranched alkanes of at least 4 members (excludes halogenated alkanes) is 1. The third-order valence-corrected chi connectivity index (χ3v) is 4.43. The van der Waals surface area contributed by atoms with Gasteiger partial charge in [-0.2, -0.15) is 4.98 Å². The first-order chi connectivity index (χ1) is 12.7. The Labute approximate surface area is 155 Å². The molecule has 9 heteroatoms. The van der Waals surface area contributed by atoms with Crippen LogP contribution in [0.4, 0.5) is 0 Å². The second-order valence-electron chi connectivity index (χ2n) is 5.44. The van der Waals surface area contributed by atoms with Crippen LogP contribution in [0.15, 0.2) is 32.4 Å². The predicted molar refractivity (Wildman–Crippen MR) is 95.3 cm³/mol. The fraction of sp³-hybridized carbons (Fsp3) is 0.412. The molecule has 0 aliphatic carbocycles. The van der Waals surface area contributed by atoms with Crippen LogP contribution in [0.5, 0.6) is 11.5 Å². The molecular weight excluding hydrogens is 356 g/mol. The van der Waals surface area contributed by atoms with E-state index in [4.69, 9.17) is 18.4 Å². The fourth-order valence-electron chi connectivity index (χ4n) is 2.26. The van der Waals surface area contributed by atoms with Gasteiger partial charge in [0.2, 0.25) is 5.89 Å². The van der Waals surface area contributed by atoms with Gasteiger partial charge in [-0.05, 0) is 18.6 Å². The molecule has 0 aliphatic rings. The molecular formula is C17H20N4O4S. The van der Waals surface area contributed by atoms with Crippen LogP contribution < -0.4 is 9.47 Å². The summed E-state index contributed by atoms with van der Waals surface area (Å²) in [6, 6.07) is 5.39. The quantitative estimate of drug-likeness (QED) is 0.517. The number of benzene rings is 1. The smallest absolute Gasteiger partial charge is 0.277 e. The lowest BCUT2D eigenvalue weighted by Gasteiger charge is -2.07. The Balaban J connectivity index is 1.66. The molecule has 0 spiro atoms. The fourth-order valence-corrected chi connectivity index (χ4v) is 2.86. The highest BCUT2D eigenvalue weighted by atomic mass is 32.2. The number of aryl methyl sites for hydroxylation is 1. The number of hydrogen-bond donors (Lipinski definition) is 0. The van der Waals surface area contributed by atoms with Crippen molar-refractivity contribution in [1.82, 2.24) is 20.3 Å². The van der Waals surface area contributed by atoms with Crippen LogP contribution in [-0.4, -0.2) is 34.6 Å². The lowest BCUT2D eigenvalue weighted by atomic mass is 10.2. The molecule has 0 aliphatic heterocycles. The van der Waals surface area contributed by atoms with Crippen molar-refractivity contribution in [3.63, 3.8) is 0 Å². The first-order valence-electron chi connectivity index (χ1n) is 8.23. The molecule has 3 aromatic rings. The number of nitrogens with zero attached hydrogens (tertiary/aromatic N) is 4. The molecule has 2 aromatic heterocycles. The summed E-state index contributed by atoms with van der Waals surface area (Å²) in [7, 11) is 3.18. The summed E-state index contributed by atoms with van der Waals surface area (Å²) in [6.07, 6.45) is 2.97. The molecule has 0 atom stereocenters. The molecule has 0 N–H and O–H groups in total. The largest absolute Gasteiger partial charge is 0.497 e. The summed E-state index contributed by atoms with van der Waals surface area (Å²) >= 11 is 1.35. The topological polar surface area (TPSA) is 96.3 Å². The summed E-state index contributed by atoms with van der Waals surface area (Å²) in [6.45, 7) is 2.13. The first-order valence-corrected chi connectivity index (χ1v) is 9.22. The number of thioether (sulfide) groups is 1. The highest BCUT2D eigenvalue weighted by molar-refractivity contribution is 7.98. The van der Waals surface area contributed by atoms with Crippen LogP contribution >= 0.6 is 11.8 Å². The van der Waals surface area contributed by atoms with E-state index in [1.165, 1.54) is 11.8 Å². The van der Waals surface area contributed by atoms with Gasteiger partial charge < -0.3 is 18.4 Å². The Morgan fingerprint density at radius 2 is 2.04 bits per heavy atom. The van der Waals surface area contributed by atoms with E-state index in [0.29, 0.717) is 39.8 Å². The van der Waals surface area contributed by atoms with Crippen molar-refractivity contribution in [1.29, 1.82) is 0 Å². The Morgan fingerprint density at radius 3 is 2.81 bits per heavy atom. The Morgan fingerprint density at radius 1 is 1.15 bits per heavy atom. The number of ether oxygens (including phenoxy) is 2. The van der Waals surface area contributed by atoms with Crippen LogP contribution in [0.2, 0.25) is 0 Å². The van der Waals surface area contributed by atoms with E-state index >= 15 is 0 Å². The minimum Gasteiger partial charge on any atom is -0.497 e. The molecule has 0 fully saturated rings. The van der Waals surface area contributed by atoms with Gasteiger partial charge >= 0.3 is 0 Å². The molecule has 8 nitrogen and oxygen atoms in total. The van der Waals surface area contributed by atoms with Crippen molar-refractivity contribution < 1.29 is 18.4 Å². The Hall–Kier alpha value is -2.55. The van der Waals surface area contributed by atoms with Crippen LogP contribution in [0, 0.1) is 0 Å². The van der Waals surface area contributed by atoms with E-state index in [9.17, 15) is 0 Å². The SMILES string of the molecule is CCCCc1noc(CSc2nnc(-c3ccc(OC)cc3OC)o2)n1. The molecule has 138 valence electrons. The van der Waals surface area contributed by atoms with Crippen LogP contribution in [0.3, 0.4) is 0 Å². The van der Waals surface area contributed by atoms with Crippen molar-refractivity contribution in [3.8, 4) is 23.0 Å². The maximum absolute atomic E-state index is 5.71. The monoisotopic (exact) mass is 376 g/mol. The molecule has 26 heavy (non-hydrogen) atoms. The zero-order valence-electron chi connectivity index (χ0n) is 14.9. The van der Waals surface area contributed by atoms with Gasteiger partial charge in [0, 0.05) is 12.5 Å². The minimum absolute atomic E-state index is 0.376. The summed E-state index contributed by atoms with van der Waals surface area (Å²) in [4.78, 5) is 4.35. The third kappa shape index (κ3) is 4.34. The summed E-state index contributed by atoms with van der Waals surface area (Å²) in [5.74, 6) is 3.42. The minimum atomic E-state index is 0.376. The maximum Gasteiger partial charge on any atom is 0.277 e. The van der Waals surface area contributed by atoms with Gasteiger partial charge in [-0.15, -0.1) is 10.2 Å². The average molecular weight is 376 g/mol. The zero-order chi connectivity index (χ0) is 18.4. The summed E-state index contributed by atoms with van der Waals surface area (Å²) in [5.41, 5.74) is 0.701. The predicted octanol–water partition coefficient (Wildman–Crippen LogP) is 3.77. The van der Waals surface area contributed by atoms with Crippen LogP contribution in [-0.2, 0) is 12.2 Å². The Bertz CT molecular complexity index is 849. The van der Waals surface area contributed by atoms with Gasteiger partial charge in [0.05, 0.1) is 25.5 Å². The van der Waals surface area contributed by atoms with Crippen molar-refractivity contribution in [2.75, 3.05) is 14.2 Å². The van der Waals surface area contributed by atoms with Crippen LogP contribution in [0.25, 0.3) is 11.5 Å². The van der Waals surface area contributed by atoms with Gasteiger partial charge in [-0.1, -0.05) is 30.3 Å².